The normalized spacial score (nSPS) is 10.3. The van der Waals surface area contributed by atoms with Crippen LogP contribution in [0.1, 0.15) is 6.42 Å². The number of hydrogen-bond acceptors (Lipinski definition) is 4. The molecule has 0 aliphatic heterocycles. The van der Waals surface area contributed by atoms with E-state index < -0.39 is 5.82 Å². The summed E-state index contributed by atoms with van der Waals surface area (Å²) in [6, 6.07) is 2.78. The van der Waals surface area contributed by atoms with Crippen LogP contribution in [0.5, 0.6) is 0 Å². The van der Waals surface area contributed by atoms with Crippen LogP contribution in [0.25, 0.3) is 0 Å². The fourth-order valence-corrected chi connectivity index (χ4v) is 1.77. The van der Waals surface area contributed by atoms with Crippen molar-refractivity contribution >= 4 is 33.2 Å². The van der Waals surface area contributed by atoms with Crippen LogP contribution in [0.4, 0.5) is 15.8 Å². The molecule has 1 rings (SSSR count). The molecule has 0 fully saturated rings. The molecule has 106 valence electrons. The van der Waals surface area contributed by atoms with Crippen molar-refractivity contribution in [1.82, 2.24) is 5.32 Å². The number of ether oxygens (including phenoxy) is 1. The Morgan fingerprint density at radius 1 is 1.47 bits per heavy atom. The second-order valence-corrected chi connectivity index (χ2v) is 4.73. The van der Waals surface area contributed by atoms with Gasteiger partial charge >= 0.3 is 0 Å². The first kappa shape index (κ1) is 15.7. The van der Waals surface area contributed by atoms with Crippen molar-refractivity contribution in [3.63, 3.8) is 0 Å². The van der Waals surface area contributed by atoms with E-state index in [9.17, 15) is 9.18 Å². The second-order valence-electron chi connectivity index (χ2n) is 3.87. The molecular formula is C12H17BrFN3O2. The van der Waals surface area contributed by atoms with Crippen LogP contribution in [-0.4, -0.2) is 32.7 Å². The fraction of sp³-hybridized carbons (Fsp3) is 0.417. The summed E-state index contributed by atoms with van der Waals surface area (Å²) in [5.41, 5.74) is 6.63. The molecular weight excluding hydrogens is 317 g/mol. The van der Waals surface area contributed by atoms with Crippen LogP contribution in [-0.2, 0) is 9.53 Å². The molecule has 0 unspecified atom stereocenters. The quantitative estimate of drug-likeness (QED) is 0.524. The zero-order valence-electron chi connectivity index (χ0n) is 10.6. The van der Waals surface area contributed by atoms with Crippen LogP contribution < -0.4 is 16.4 Å². The highest BCUT2D eigenvalue weighted by Crippen LogP contribution is 2.26. The molecule has 0 aliphatic rings. The summed E-state index contributed by atoms with van der Waals surface area (Å²) >= 11 is 3.05. The Balaban J connectivity index is 2.37. The number of nitrogens with two attached hydrogens (primary N) is 1. The van der Waals surface area contributed by atoms with Gasteiger partial charge in [0, 0.05) is 32.7 Å². The largest absolute Gasteiger partial charge is 0.397 e. The van der Waals surface area contributed by atoms with Crippen molar-refractivity contribution in [2.24, 2.45) is 0 Å². The monoisotopic (exact) mass is 333 g/mol. The third-order valence-electron chi connectivity index (χ3n) is 2.39. The van der Waals surface area contributed by atoms with Crippen LogP contribution >= 0.6 is 15.9 Å². The van der Waals surface area contributed by atoms with E-state index in [1.54, 1.807) is 7.11 Å². The summed E-state index contributed by atoms with van der Waals surface area (Å²) in [6.45, 7) is 1.33. The average Bonchev–Trinajstić information content (AvgIpc) is 2.36. The van der Waals surface area contributed by atoms with Crippen LogP contribution in [0.15, 0.2) is 16.6 Å². The molecule has 1 aromatic carbocycles. The zero-order valence-corrected chi connectivity index (χ0v) is 12.2. The predicted octanol–water partition coefficient (Wildman–Crippen LogP) is 1.73. The van der Waals surface area contributed by atoms with E-state index in [0.717, 1.165) is 0 Å². The number of hydrogen-bond donors (Lipinski definition) is 3. The highest BCUT2D eigenvalue weighted by atomic mass is 79.9. The predicted molar refractivity (Wildman–Crippen MR) is 76.5 cm³/mol. The van der Waals surface area contributed by atoms with Gasteiger partial charge in [-0.25, -0.2) is 4.39 Å². The minimum absolute atomic E-state index is 0.0966. The number of carbonyl (C=O) groups is 1. The van der Waals surface area contributed by atoms with Gasteiger partial charge in [-0.2, -0.15) is 0 Å². The Kier molecular flexibility index (Phi) is 6.58. The highest BCUT2D eigenvalue weighted by Gasteiger charge is 2.06. The van der Waals surface area contributed by atoms with Crippen molar-refractivity contribution in [3.05, 3.63) is 22.4 Å². The topological polar surface area (TPSA) is 76.4 Å². The lowest BCUT2D eigenvalue weighted by Gasteiger charge is -2.10. The Bertz CT molecular complexity index is 443. The van der Waals surface area contributed by atoms with Crippen molar-refractivity contribution in [3.8, 4) is 0 Å². The minimum Gasteiger partial charge on any atom is -0.397 e. The van der Waals surface area contributed by atoms with Gasteiger partial charge in [0.05, 0.1) is 22.5 Å². The molecule has 0 saturated heterocycles. The van der Waals surface area contributed by atoms with E-state index >= 15 is 0 Å². The Labute approximate surface area is 119 Å². The SMILES string of the molecule is COCCNC(=O)CCNc1cc(F)c(Br)cc1N. The standard InChI is InChI=1S/C12H17BrFN3O2/c1-19-5-4-17-12(18)2-3-16-11-7-9(14)8(13)6-10(11)15/h6-7,16H,2-5,15H2,1H3,(H,17,18). The number of amides is 1. The molecule has 1 aromatic rings. The first-order valence-electron chi connectivity index (χ1n) is 5.78. The smallest absolute Gasteiger partial charge is 0.221 e. The number of anilines is 2. The van der Waals surface area contributed by atoms with Gasteiger partial charge in [0.15, 0.2) is 0 Å². The van der Waals surface area contributed by atoms with Gasteiger partial charge < -0.3 is 21.1 Å². The van der Waals surface area contributed by atoms with E-state index in [-0.39, 0.29) is 12.3 Å². The summed E-state index contributed by atoms with van der Waals surface area (Å²) in [5.74, 6) is -0.498. The third kappa shape index (κ3) is 5.44. The van der Waals surface area contributed by atoms with Crippen molar-refractivity contribution in [2.45, 2.75) is 6.42 Å². The Hall–Kier alpha value is -1.34. The van der Waals surface area contributed by atoms with E-state index in [0.29, 0.717) is 35.5 Å². The molecule has 0 saturated carbocycles. The number of halogens is 2. The summed E-state index contributed by atoms with van der Waals surface area (Å²) in [4.78, 5) is 11.4. The third-order valence-corrected chi connectivity index (χ3v) is 3.00. The van der Waals surface area contributed by atoms with Gasteiger partial charge in [-0.3, -0.25) is 4.79 Å². The van der Waals surface area contributed by atoms with E-state index in [1.807, 2.05) is 0 Å². The van der Waals surface area contributed by atoms with Crippen LogP contribution in [0.3, 0.4) is 0 Å². The molecule has 0 radical (unpaired) electrons. The van der Waals surface area contributed by atoms with Gasteiger partial charge in [-0.1, -0.05) is 0 Å². The number of nitrogen functional groups attached to an aromatic ring is 1. The van der Waals surface area contributed by atoms with E-state index in [2.05, 4.69) is 26.6 Å². The average molecular weight is 334 g/mol. The summed E-state index contributed by atoms with van der Waals surface area (Å²) in [6.07, 6.45) is 0.279. The van der Waals surface area contributed by atoms with Crippen LogP contribution in [0.2, 0.25) is 0 Å². The summed E-state index contributed by atoms with van der Waals surface area (Å²) < 4.78 is 18.4. The molecule has 0 heterocycles. The molecule has 1 amide bonds. The van der Waals surface area contributed by atoms with E-state index in [4.69, 9.17) is 10.5 Å². The van der Waals surface area contributed by atoms with Gasteiger partial charge in [-0.15, -0.1) is 0 Å². The number of carbonyl (C=O) groups excluding carboxylic acids is 1. The molecule has 0 aromatic heterocycles. The first-order valence-corrected chi connectivity index (χ1v) is 6.58. The van der Waals surface area contributed by atoms with Gasteiger partial charge in [-0.05, 0) is 22.0 Å². The number of rotatable bonds is 7. The Morgan fingerprint density at radius 3 is 2.89 bits per heavy atom. The molecule has 0 aliphatic carbocycles. The lowest BCUT2D eigenvalue weighted by molar-refractivity contribution is -0.121. The molecule has 0 bridgehead atoms. The summed E-state index contributed by atoms with van der Waals surface area (Å²) in [7, 11) is 1.57. The Morgan fingerprint density at radius 2 is 2.21 bits per heavy atom. The second kappa shape index (κ2) is 7.96. The van der Waals surface area contributed by atoms with E-state index in [1.165, 1.54) is 12.1 Å². The fourth-order valence-electron chi connectivity index (χ4n) is 1.41. The molecule has 7 heteroatoms. The number of nitrogens with one attached hydrogen (secondary N) is 2. The van der Waals surface area contributed by atoms with Gasteiger partial charge in [0.25, 0.3) is 0 Å². The van der Waals surface area contributed by atoms with Gasteiger partial charge in [0.1, 0.15) is 5.82 Å². The maximum Gasteiger partial charge on any atom is 0.221 e. The number of methoxy groups -OCH3 is 1. The maximum absolute atomic E-state index is 13.3. The maximum atomic E-state index is 13.3. The lowest BCUT2D eigenvalue weighted by Crippen LogP contribution is -2.28. The van der Waals surface area contributed by atoms with Crippen LogP contribution in [0, 0.1) is 5.82 Å². The first-order chi connectivity index (χ1) is 9.04. The van der Waals surface area contributed by atoms with Crippen molar-refractivity contribution in [1.29, 1.82) is 0 Å². The minimum atomic E-state index is -0.402. The molecule has 19 heavy (non-hydrogen) atoms. The van der Waals surface area contributed by atoms with Gasteiger partial charge in [0.2, 0.25) is 5.91 Å². The molecule has 4 N–H and O–H groups in total. The summed E-state index contributed by atoms with van der Waals surface area (Å²) in [5, 5.41) is 5.61. The molecule has 0 atom stereocenters. The zero-order chi connectivity index (χ0) is 14.3. The molecule has 5 nitrogen and oxygen atoms in total. The number of benzene rings is 1. The highest BCUT2D eigenvalue weighted by molar-refractivity contribution is 9.10. The molecule has 0 spiro atoms. The van der Waals surface area contributed by atoms with Crippen molar-refractivity contribution < 1.29 is 13.9 Å². The lowest BCUT2D eigenvalue weighted by atomic mass is 10.2. The van der Waals surface area contributed by atoms with Crippen molar-refractivity contribution in [2.75, 3.05) is 37.9 Å².